The Kier molecular flexibility index (Phi) is 6.85. The fourth-order valence-corrected chi connectivity index (χ4v) is 3.51. The molecular formula is C18H26BF3O. The molecule has 0 heterocycles. The third kappa shape index (κ3) is 6.88. The number of halogens is 3. The Hall–Kier alpha value is -1.13. The van der Waals surface area contributed by atoms with Crippen molar-refractivity contribution < 1.29 is 17.9 Å². The fourth-order valence-electron chi connectivity index (χ4n) is 3.51. The van der Waals surface area contributed by atoms with Gasteiger partial charge in [0.2, 0.25) is 0 Å². The molecule has 2 rings (SSSR count). The number of benzene rings is 1. The van der Waals surface area contributed by atoms with E-state index in [4.69, 9.17) is 0 Å². The minimum absolute atomic E-state index is 0.124. The Balaban J connectivity index is 1.89. The topological polar surface area (TPSA) is 9.23 Å². The molecule has 0 amide bonds. The lowest BCUT2D eigenvalue weighted by atomic mass is 9.57. The number of hydrogen-bond donors (Lipinski definition) is 0. The van der Waals surface area contributed by atoms with Crippen LogP contribution in [0.1, 0.15) is 62.5 Å². The molecule has 1 nitrogen and oxygen atoms in total. The molecule has 23 heavy (non-hydrogen) atoms. The summed E-state index contributed by atoms with van der Waals surface area (Å²) in [5, 5.41) is 0. The van der Waals surface area contributed by atoms with Gasteiger partial charge in [-0.15, -0.1) is 13.2 Å². The second kappa shape index (κ2) is 8.65. The van der Waals surface area contributed by atoms with Gasteiger partial charge in [0, 0.05) is 0 Å². The van der Waals surface area contributed by atoms with Crippen molar-refractivity contribution in [1.82, 2.24) is 0 Å². The summed E-state index contributed by atoms with van der Waals surface area (Å²) < 4.78 is 40.7. The highest BCUT2D eigenvalue weighted by Crippen LogP contribution is 2.28. The standard InChI is InChI=1S/C18H26BF3O/c1-14-12-17(23-18(20,21)22)11-10-15(14)13-19-16-8-6-4-2-3-5-7-9-16/h10-12,16,19H,2-9,13H2,1H3. The molecule has 0 N–H and O–H groups in total. The van der Waals surface area contributed by atoms with Gasteiger partial charge >= 0.3 is 6.36 Å². The molecule has 128 valence electrons. The molecule has 0 bridgehead atoms. The van der Waals surface area contributed by atoms with Crippen LogP contribution in [0.4, 0.5) is 13.2 Å². The van der Waals surface area contributed by atoms with Gasteiger partial charge in [-0.2, -0.15) is 0 Å². The molecule has 0 unspecified atom stereocenters. The van der Waals surface area contributed by atoms with E-state index < -0.39 is 6.36 Å². The molecule has 0 aromatic heterocycles. The average Bonchev–Trinajstić information content (AvgIpc) is 2.58. The van der Waals surface area contributed by atoms with Crippen molar-refractivity contribution in [1.29, 1.82) is 0 Å². The second-order valence-corrected chi connectivity index (χ2v) is 6.74. The zero-order chi connectivity index (χ0) is 16.7. The largest absolute Gasteiger partial charge is 0.573 e. The highest BCUT2D eigenvalue weighted by atomic mass is 19.4. The average molecular weight is 326 g/mol. The molecule has 1 fully saturated rings. The van der Waals surface area contributed by atoms with Crippen molar-refractivity contribution in [2.45, 2.75) is 76.8 Å². The summed E-state index contributed by atoms with van der Waals surface area (Å²) >= 11 is 0. The first kappa shape index (κ1) is 18.2. The SMILES string of the molecule is Cc1cc(OC(F)(F)F)ccc1CBC1CCCCCCCC1. The summed E-state index contributed by atoms with van der Waals surface area (Å²) in [6, 6.07) is 4.70. The zero-order valence-corrected chi connectivity index (χ0v) is 13.9. The van der Waals surface area contributed by atoms with Crippen LogP contribution in [0.5, 0.6) is 5.75 Å². The Morgan fingerprint density at radius 3 is 2.22 bits per heavy atom. The third-order valence-electron chi connectivity index (χ3n) is 4.84. The summed E-state index contributed by atoms with van der Waals surface area (Å²) in [6.45, 7) is 1.86. The number of aryl methyl sites for hydroxylation is 1. The van der Waals surface area contributed by atoms with Gasteiger partial charge in [-0.1, -0.05) is 75.1 Å². The van der Waals surface area contributed by atoms with E-state index in [9.17, 15) is 13.2 Å². The highest BCUT2D eigenvalue weighted by Gasteiger charge is 2.31. The number of hydrogen-bond acceptors (Lipinski definition) is 1. The van der Waals surface area contributed by atoms with Crippen molar-refractivity contribution in [3.8, 4) is 5.75 Å². The highest BCUT2D eigenvalue weighted by molar-refractivity contribution is 6.37. The molecule has 5 heteroatoms. The predicted molar refractivity (Wildman–Crippen MR) is 89.4 cm³/mol. The molecule has 0 atom stereocenters. The van der Waals surface area contributed by atoms with Crippen LogP contribution in [0, 0.1) is 6.92 Å². The van der Waals surface area contributed by atoms with Crippen molar-refractivity contribution in [2.75, 3.05) is 0 Å². The first-order valence-corrected chi connectivity index (χ1v) is 8.79. The van der Waals surface area contributed by atoms with Gasteiger partial charge in [0.15, 0.2) is 0 Å². The normalized spacial score (nSPS) is 17.9. The number of ether oxygens (including phenoxy) is 1. The first-order valence-electron chi connectivity index (χ1n) is 8.79. The molecule has 0 saturated heterocycles. The third-order valence-corrected chi connectivity index (χ3v) is 4.84. The zero-order valence-electron chi connectivity index (χ0n) is 13.9. The Morgan fingerprint density at radius 2 is 1.65 bits per heavy atom. The van der Waals surface area contributed by atoms with Crippen LogP contribution >= 0.6 is 0 Å². The lowest BCUT2D eigenvalue weighted by Crippen LogP contribution is -2.17. The van der Waals surface area contributed by atoms with Crippen molar-refractivity contribution in [3.63, 3.8) is 0 Å². The van der Waals surface area contributed by atoms with E-state index in [1.54, 1.807) is 6.07 Å². The monoisotopic (exact) mass is 326 g/mol. The van der Waals surface area contributed by atoms with E-state index in [0.29, 0.717) is 0 Å². The summed E-state index contributed by atoms with van der Waals surface area (Å²) in [5.74, 6) is 0.639. The Labute approximate surface area is 137 Å². The smallest absolute Gasteiger partial charge is 0.406 e. The van der Waals surface area contributed by atoms with Crippen LogP contribution in [0.2, 0.25) is 5.82 Å². The van der Waals surface area contributed by atoms with Crippen LogP contribution in [0.15, 0.2) is 18.2 Å². The summed E-state index contributed by atoms with van der Waals surface area (Å²) in [5.41, 5.74) is 2.02. The van der Waals surface area contributed by atoms with Gasteiger partial charge < -0.3 is 4.74 Å². The van der Waals surface area contributed by atoms with E-state index in [-0.39, 0.29) is 5.75 Å². The molecular weight excluding hydrogens is 300 g/mol. The first-order chi connectivity index (χ1) is 10.9. The van der Waals surface area contributed by atoms with E-state index in [1.807, 2.05) is 6.92 Å². The minimum Gasteiger partial charge on any atom is -0.406 e. The lowest BCUT2D eigenvalue weighted by molar-refractivity contribution is -0.274. The van der Waals surface area contributed by atoms with Gasteiger partial charge in [0.1, 0.15) is 13.0 Å². The van der Waals surface area contributed by atoms with Gasteiger partial charge in [0.05, 0.1) is 0 Å². The van der Waals surface area contributed by atoms with Gasteiger partial charge in [-0.3, -0.25) is 0 Å². The molecule has 1 aromatic carbocycles. The minimum atomic E-state index is -4.62. The molecule has 1 saturated carbocycles. The molecule has 0 spiro atoms. The van der Waals surface area contributed by atoms with Crippen LogP contribution in [-0.2, 0) is 6.32 Å². The molecule has 1 aliphatic carbocycles. The summed E-state index contributed by atoms with van der Waals surface area (Å²) in [6.07, 6.45) is 7.00. The van der Waals surface area contributed by atoms with Crippen molar-refractivity contribution in [2.24, 2.45) is 0 Å². The van der Waals surface area contributed by atoms with E-state index in [1.165, 1.54) is 63.5 Å². The number of alkyl halides is 3. The van der Waals surface area contributed by atoms with Crippen LogP contribution in [0.3, 0.4) is 0 Å². The van der Waals surface area contributed by atoms with Crippen LogP contribution in [0.25, 0.3) is 0 Å². The Bertz CT molecular complexity index is 478. The van der Waals surface area contributed by atoms with E-state index in [2.05, 4.69) is 4.74 Å². The predicted octanol–water partition coefficient (Wildman–Crippen LogP) is 5.75. The van der Waals surface area contributed by atoms with Gasteiger partial charge in [-0.25, -0.2) is 0 Å². The van der Waals surface area contributed by atoms with Crippen LogP contribution in [-0.4, -0.2) is 13.6 Å². The second-order valence-electron chi connectivity index (χ2n) is 6.74. The maximum absolute atomic E-state index is 12.2. The summed E-state index contributed by atoms with van der Waals surface area (Å²) in [7, 11) is 1.14. The van der Waals surface area contributed by atoms with Gasteiger partial charge in [-0.05, 0) is 24.6 Å². The van der Waals surface area contributed by atoms with Gasteiger partial charge in [0.25, 0.3) is 0 Å². The summed E-state index contributed by atoms with van der Waals surface area (Å²) in [4.78, 5) is 0. The quantitative estimate of drug-likeness (QED) is 0.640. The maximum Gasteiger partial charge on any atom is 0.573 e. The Morgan fingerprint density at radius 1 is 1.04 bits per heavy atom. The van der Waals surface area contributed by atoms with Crippen molar-refractivity contribution in [3.05, 3.63) is 29.3 Å². The fraction of sp³-hybridized carbons (Fsp3) is 0.667. The van der Waals surface area contributed by atoms with E-state index in [0.717, 1.165) is 30.5 Å². The molecule has 0 radical (unpaired) electrons. The number of rotatable bonds is 4. The van der Waals surface area contributed by atoms with Crippen molar-refractivity contribution >= 4 is 7.28 Å². The van der Waals surface area contributed by atoms with E-state index >= 15 is 0 Å². The maximum atomic E-state index is 12.2. The molecule has 1 aromatic rings. The lowest BCUT2D eigenvalue weighted by Gasteiger charge is -2.16. The molecule has 1 aliphatic rings. The van der Waals surface area contributed by atoms with Crippen LogP contribution < -0.4 is 4.74 Å². The molecule has 0 aliphatic heterocycles.